The molecule has 0 amide bonds. The molecule has 0 saturated heterocycles. The third-order valence-corrected chi connectivity index (χ3v) is 4.45. The molecule has 0 N–H and O–H groups in total. The fourth-order valence-corrected chi connectivity index (χ4v) is 3.27. The van der Waals surface area contributed by atoms with Crippen molar-refractivity contribution >= 4 is 5.97 Å². The van der Waals surface area contributed by atoms with Gasteiger partial charge in [-0.15, -0.1) is 0 Å². The Hall–Kier alpha value is -2.09. The van der Waals surface area contributed by atoms with Gasteiger partial charge in [-0.25, -0.2) is 4.79 Å². The van der Waals surface area contributed by atoms with Crippen molar-refractivity contribution in [1.82, 2.24) is 0 Å². The number of ether oxygens (including phenoxy) is 1. The third kappa shape index (κ3) is 3.56. The molecule has 2 aromatic rings. The second-order valence-electron chi connectivity index (χ2n) is 6.00. The minimum atomic E-state index is -0.222. The zero-order valence-corrected chi connectivity index (χ0v) is 12.8. The third-order valence-electron chi connectivity index (χ3n) is 4.45. The SMILES string of the molecule is O=C(O[C@@H](c1ccccc1)C1CCCCC1)c1ccccc1. The minimum absolute atomic E-state index is 0.130. The Kier molecular flexibility index (Phi) is 4.89. The molecule has 1 atom stereocenters. The summed E-state index contributed by atoms with van der Waals surface area (Å²) in [5, 5.41) is 0. The lowest BCUT2D eigenvalue weighted by atomic mass is 9.82. The van der Waals surface area contributed by atoms with E-state index in [0.29, 0.717) is 11.5 Å². The molecule has 0 aliphatic heterocycles. The predicted molar refractivity (Wildman–Crippen MR) is 87.6 cm³/mol. The number of carbonyl (C=O) groups excluding carboxylic acids is 1. The van der Waals surface area contributed by atoms with Gasteiger partial charge < -0.3 is 4.74 Å². The largest absolute Gasteiger partial charge is 0.454 e. The summed E-state index contributed by atoms with van der Waals surface area (Å²) in [5.74, 6) is 0.212. The summed E-state index contributed by atoms with van der Waals surface area (Å²) in [7, 11) is 0. The Morgan fingerprint density at radius 3 is 2.09 bits per heavy atom. The van der Waals surface area contributed by atoms with Crippen LogP contribution >= 0.6 is 0 Å². The van der Waals surface area contributed by atoms with E-state index >= 15 is 0 Å². The second kappa shape index (κ2) is 7.26. The maximum Gasteiger partial charge on any atom is 0.338 e. The Balaban J connectivity index is 1.81. The van der Waals surface area contributed by atoms with Crippen LogP contribution in [0.5, 0.6) is 0 Å². The average molecular weight is 294 g/mol. The fourth-order valence-electron chi connectivity index (χ4n) is 3.27. The van der Waals surface area contributed by atoms with Gasteiger partial charge in [0.15, 0.2) is 0 Å². The van der Waals surface area contributed by atoms with Crippen LogP contribution < -0.4 is 0 Å². The first kappa shape index (κ1) is 14.8. The summed E-state index contributed by atoms with van der Waals surface area (Å²) in [4.78, 5) is 12.4. The second-order valence-corrected chi connectivity index (χ2v) is 6.00. The van der Waals surface area contributed by atoms with Crippen molar-refractivity contribution in [2.24, 2.45) is 5.92 Å². The molecule has 2 aromatic carbocycles. The number of rotatable bonds is 4. The highest BCUT2D eigenvalue weighted by atomic mass is 16.5. The summed E-state index contributed by atoms with van der Waals surface area (Å²) < 4.78 is 5.92. The minimum Gasteiger partial charge on any atom is -0.454 e. The van der Waals surface area contributed by atoms with E-state index in [1.54, 1.807) is 0 Å². The molecule has 2 heteroatoms. The normalized spacial score (nSPS) is 16.9. The molecule has 1 aliphatic rings. The average Bonchev–Trinajstić information content (AvgIpc) is 2.62. The quantitative estimate of drug-likeness (QED) is 0.728. The van der Waals surface area contributed by atoms with E-state index in [4.69, 9.17) is 4.74 Å². The molecule has 2 nitrogen and oxygen atoms in total. The Labute approximate surface area is 132 Å². The summed E-state index contributed by atoms with van der Waals surface area (Å²) in [6, 6.07) is 19.4. The van der Waals surface area contributed by atoms with E-state index in [0.717, 1.165) is 18.4 Å². The molecule has 114 valence electrons. The number of hydrogen-bond acceptors (Lipinski definition) is 2. The van der Waals surface area contributed by atoms with Crippen LogP contribution in [0.1, 0.15) is 54.1 Å². The topological polar surface area (TPSA) is 26.3 Å². The van der Waals surface area contributed by atoms with Crippen LogP contribution in [-0.2, 0) is 4.74 Å². The standard InChI is InChI=1S/C20H22O2/c21-20(18-14-8-3-9-15-18)22-19(16-10-4-1-5-11-16)17-12-6-2-7-13-17/h1,3-5,8-11,14-15,17,19H,2,6-7,12-13H2/t19-/m0/s1. The highest BCUT2D eigenvalue weighted by Gasteiger charge is 2.28. The highest BCUT2D eigenvalue weighted by Crippen LogP contribution is 2.37. The molecule has 1 saturated carbocycles. The van der Waals surface area contributed by atoms with E-state index in [1.807, 2.05) is 48.5 Å². The van der Waals surface area contributed by atoms with E-state index in [9.17, 15) is 4.79 Å². The molecule has 0 aromatic heterocycles. The number of benzene rings is 2. The van der Waals surface area contributed by atoms with Gasteiger partial charge in [0.25, 0.3) is 0 Å². The van der Waals surface area contributed by atoms with Crippen molar-refractivity contribution in [1.29, 1.82) is 0 Å². The van der Waals surface area contributed by atoms with E-state index in [-0.39, 0.29) is 12.1 Å². The number of esters is 1. The first-order chi connectivity index (χ1) is 10.8. The van der Waals surface area contributed by atoms with Crippen molar-refractivity contribution in [3.8, 4) is 0 Å². The first-order valence-electron chi connectivity index (χ1n) is 8.15. The number of hydrogen-bond donors (Lipinski definition) is 0. The van der Waals surface area contributed by atoms with Crippen molar-refractivity contribution < 1.29 is 9.53 Å². The monoisotopic (exact) mass is 294 g/mol. The molecule has 0 spiro atoms. The lowest BCUT2D eigenvalue weighted by Crippen LogP contribution is -2.22. The first-order valence-corrected chi connectivity index (χ1v) is 8.15. The van der Waals surface area contributed by atoms with Crippen molar-refractivity contribution in [2.75, 3.05) is 0 Å². The molecule has 0 heterocycles. The maximum atomic E-state index is 12.4. The Bertz CT molecular complexity index is 586. The summed E-state index contributed by atoms with van der Waals surface area (Å²) >= 11 is 0. The van der Waals surface area contributed by atoms with Crippen LogP contribution in [0.2, 0.25) is 0 Å². The number of carbonyl (C=O) groups is 1. The maximum absolute atomic E-state index is 12.4. The molecule has 22 heavy (non-hydrogen) atoms. The van der Waals surface area contributed by atoms with Crippen LogP contribution in [0.3, 0.4) is 0 Å². The molecule has 0 radical (unpaired) electrons. The lowest BCUT2D eigenvalue weighted by molar-refractivity contribution is 0.00669. The van der Waals surface area contributed by atoms with Crippen LogP contribution in [0.4, 0.5) is 0 Å². The molecule has 1 aliphatic carbocycles. The lowest BCUT2D eigenvalue weighted by Gasteiger charge is -2.30. The van der Waals surface area contributed by atoms with E-state index < -0.39 is 0 Å². The smallest absolute Gasteiger partial charge is 0.338 e. The van der Waals surface area contributed by atoms with Gasteiger partial charge in [0.1, 0.15) is 6.10 Å². The van der Waals surface area contributed by atoms with Crippen LogP contribution in [-0.4, -0.2) is 5.97 Å². The Morgan fingerprint density at radius 2 is 1.45 bits per heavy atom. The summed E-state index contributed by atoms with van der Waals surface area (Å²) in [6.45, 7) is 0. The molecule has 1 fully saturated rings. The van der Waals surface area contributed by atoms with Crippen LogP contribution in [0.15, 0.2) is 60.7 Å². The van der Waals surface area contributed by atoms with Gasteiger partial charge in [-0.3, -0.25) is 0 Å². The van der Waals surface area contributed by atoms with Gasteiger partial charge in [0.2, 0.25) is 0 Å². The van der Waals surface area contributed by atoms with Gasteiger partial charge in [-0.2, -0.15) is 0 Å². The van der Waals surface area contributed by atoms with Gasteiger partial charge >= 0.3 is 5.97 Å². The van der Waals surface area contributed by atoms with Crippen molar-refractivity contribution in [3.63, 3.8) is 0 Å². The van der Waals surface area contributed by atoms with Gasteiger partial charge in [0.05, 0.1) is 5.56 Å². The van der Waals surface area contributed by atoms with Crippen molar-refractivity contribution in [3.05, 3.63) is 71.8 Å². The van der Waals surface area contributed by atoms with Gasteiger partial charge in [-0.1, -0.05) is 67.8 Å². The van der Waals surface area contributed by atoms with Gasteiger partial charge in [0, 0.05) is 5.92 Å². The fraction of sp³-hybridized carbons (Fsp3) is 0.350. The zero-order valence-electron chi connectivity index (χ0n) is 12.8. The zero-order chi connectivity index (χ0) is 15.2. The molecular formula is C20H22O2. The highest BCUT2D eigenvalue weighted by molar-refractivity contribution is 5.89. The van der Waals surface area contributed by atoms with E-state index in [2.05, 4.69) is 12.1 Å². The predicted octanol–water partition coefficient (Wildman–Crippen LogP) is 5.17. The molecule has 0 unspecified atom stereocenters. The molecular weight excluding hydrogens is 272 g/mol. The summed E-state index contributed by atoms with van der Waals surface area (Å²) in [6.07, 6.45) is 5.91. The van der Waals surface area contributed by atoms with E-state index in [1.165, 1.54) is 19.3 Å². The molecule has 3 rings (SSSR count). The Morgan fingerprint density at radius 1 is 0.864 bits per heavy atom. The van der Waals surface area contributed by atoms with Crippen LogP contribution in [0, 0.1) is 5.92 Å². The molecule has 0 bridgehead atoms. The van der Waals surface area contributed by atoms with Crippen molar-refractivity contribution in [2.45, 2.75) is 38.2 Å². The van der Waals surface area contributed by atoms with Crippen LogP contribution in [0.25, 0.3) is 0 Å². The summed E-state index contributed by atoms with van der Waals surface area (Å²) in [5.41, 5.74) is 1.73. The van der Waals surface area contributed by atoms with Gasteiger partial charge in [-0.05, 0) is 30.5 Å².